The van der Waals surface area contributed by atoms with Gasteiger partial charge in [-0.1, -0.05) is 27.2 Å². The molecule has 0 aromatic rings. The summed E-state index contributed by atoms with van der Waals surface area (Å²) in [5.41, 5.74) is 0.339. The predicted octanol–water partition coefficient (Wildman–Crippen LogP) is 2.46. The second kappa shape index (κ2) is 8.39. The summed E-state index contributed by atoms with van der Waals surface area (Å²) in [7, 11) is 0. The third-order valence-electron chi connectivity index (χ3n) is 12.6. The van der Waals surface area contributed by atoms with Crippen molar-refractivity contribution >= 4 is 0 Å². The van der Waals surface area contributed by atoms with E-state index in [0.29, 0.717) is 23.7 Å². The van der Waals surface area contributed by atoms with Crippen molar-refractivity contribution in [2.75, 3.05) is 52.4 Å². The summed E-state index contributed by atoms with van der Waals surface area (Å²) < 4.78 is 0. The Hall–Kier alpha value is -0.240. The molecule has 4 saturated carbocycles. The number of piperazine rings is 2. The molecule has 0 spiro atoms. The monoisotopic (exact) mass is 474 g/mol. The van der Waals surface area contributed by atoms with Crippen LogP contribution in [0.25, 0.3) is 0 Å². The maximum Gasteiger partial charge on any atom is 0.168 e. The fourth-order valence-electron chi connectivity index (χ4n) is 10.9. The van der Waals surface area contributed by atoms with E-state index in [1.165, 1.54) is 38.5 Å². The lowest BCUT2D eigenvalue weighted by atomic mass is 9.40. The number of hydrogen-bond donors (Lipinski definition) is 4. The Kier molecular flexibility index (Phi) is 5.95. The minimum absolute atomic E-state index is 0.0723. The summed E-state index contributed by atoms with van der Waals surface area (Å²) in [6.07, 6.45) is 9.90. The van der Waals surface area contributed by atoms with Crippen LogP contribution >= 0.6 is 0 Å². The molecule has 2 saturated heterocycles. The second-order valence-electron chi connectivity index (χ2n) is 13.6. The molecule has 0 radical (unpaired) electrons. The summed E-state index contributed by atoms with van der Waals surface area (Å²) in [5.74, 6) is 1.04. The lowest BCUT2D eigenvalue weighted by Gasteiger charge is -2.74. The first-order valence-corrected chi connectivity index (χ1v) is 14.6. The normalized spacial score (nSPS) is 49.1. The molecule has 4 N–H and O–H groups in total. The van der Waals surface area contributed by atoms with E-state index in [9.17, 15) is 10.2 Å². The summed E-state index contributed by atoms with van der Waals surface area (Å²) in [5, 5.41) is 30.5. The van der Waals surface area contributed by atoms with Crippen molar-refractivity contribution in [1.82, 2.24) is 20.4 Å². The molecule has 34 heavy (non-hydrogen) atoms. The van der Waals surface area contributed by atoms with E-state index >= 15 is 0 Å². The van der Waals surface area contributed by atoms with Gasteiger partial charge < -0.3 is 20.8 Å². The van der Waals surface area contributed by atoms with Gasteiger partial charge in [0, 0.05) is 70.1 Å². The minimum Gasteiger partial charge on any atom is -0.365 e. The fourth-order valence-corrected chi connectivity index (χ4v) is 10.9. The molecule has 6 heteroatoms. The molecule has 0 aromatic heterocycles. The first-order chi connectivity index (χ1) is 16.2. The number of nitrogens with one attached hydrogen (secondary N) is 2. The molecule has 5 unspecified atom stereocenters. The van der Waals surface area contributed by atoms with Crippen LogP contribution < -0.4 is 10.6 Å². The van der Waals surface area contributed by atoms with Crippen LogP contribution in [-0.4, -0.2) is 83.8 Å². The molecule has 4 aliphatic carbocycles. The minimum atomic E-state index is -1.61. The predicted molar refractivity (Wildman–Crippen MR) is 135 cm³/mol. The first-order valence-electron chi connectivity index (χ1n) is 14.6. The Morgan fingerprint density at radius 1 is 0.735 bits per heavy atom. The largest absolute Gasteiger partial charge is 0.365 e. The smallest absolute Gasteiger partial charge is 0.168 e. The van der Waals surface area contributed by atoms with Gasteiger partial charge in [0.2, 0.25) is 0 Å². The number of nitrogens with zero attached hydrogens (tertiary/aromatic N) is 2. The van der Waals surface area contributed by atoms with Crippen molar-refractivity contribution in [3.8, 4) is 0 Å². The van der Waals surface area contributed by atoms with Gasteiger partial charge in [0.25, 0.3) is 0 Å². The SMILES string of the molecule is CC1C2CCC3C4CCC[C@@]4(C)CCC3[C@@]2(C)C(N2CCNCC2)(N2CCNCC2)CC1(O)O. The molecule has 2 heterocycles. The summed E-state index contributed by atoms with van der Waals surface area (Å²) in [4.78, 5) is 5.47. The molecular weight excluding hydrogens is 424 g/mol. The molecule has 7 atom stereocenters. The highest BCUT2D eigenvalue weighted by molar-refractivity contribution is 5.20. The molecule has 6 aliphatic rings. The van der Waals surface area contributed by atoms with Crippen LogP contribution in [-0.2, 0) is 0 Å². The van der Waals surface area contributed by atoms with Crippen molar-refractivity contribution in [2.24, 2.45) is 40.4 Å². The van der Waals surface area contributed by atoms with Crippen LogP contribution in [0.15, 0.2) is 0 Å². The van der Waals surface area contributed by atoms with Crippen LogP contribution in [0.2, 0.25) is 0 Å². The van der Waals surface area contributed by atoms with E-state index in [1.54, 1.807) is 0 Å². The van der Waals surface area contributed by atoms with Gasteiger partial charge in [0.1, 0.15) is 0 Å². The number of rotatable bonds is 2. The van der Waals surface area contributed by atoms with Gasteiger partial charge in [-0.2, -0.15) is 0 Å². The second-order valence-corrected chi connectivity index (χ2v) is 13.6. The van der Waals surface area contributed by atoms with Gasteiger partial charge >= 0.3 is 0 Å². The molecule has 6 rings (SSSR count). The summed E-state index contributed by atoms with van der Waals surface area (Å²) in [6.45, 7) is 15.4. The Labute approximate surface area is 207 Å². The van der Waals surface area contributed by atoms with E-state index in [2.05, 4.69) is 41.2 Å². The van der Waals surface area contributed by atoms with E-state index < -0.39 is 5.79 Å². The van der Waals surface area contributed by atoms with Gasteiger partial charge in [0.05, 0.1) is 5.66 Å². The van der Waals surface area contributed by atoms with Gasteiger partial charge in [-0.3, -0.25) is 9.80 Å². The highest BCUT2D eigenvalue weighted by atomic mass is 16.5. The lowest BCUT2D eigenvalue weighted by molar-refractivity contribution is -0.344. The average molecular weight is 475 g/mol. The summed E-state index contributed by atoms with van der Waals surface area (Å²) in [6, 6.07) is 0. The van der Waals surface area contributed by atoms with E-state index in [1.807, 2.05) is 0 Å². The standard InChI is InChI=1S/C28H50N4O2/c1-20-22-7-6-21-23-5-4-9-25(23,2)10-8-24(21)26(22,3)28(19-27(20,33)34,31-15-11-29-12-16-31)32-17-13-30-14-18-32/h20-24,29-30,33-34H,4-19H2,1-3H3/t20?,21?,22?,23?,24?,25-,26-/m0/s1. The Morgan fingerprint density at radius 2 is 1.35 bits per heavy atom. The van der Waals surface area contributed by atoms with Gasteiger partial charge in [-0.05, 0) is 67.6 Å². The van der Waals surface area contributed by atoms with Gasteiger partial charge in [0.15, 0.2) is 5.79 Å². The van der Waals surface area contributed by atoms with Crippen molar-refractivity contribution in [2.45, 2.75) is 83.6 Å². The zero-order valence-corrected chi connectivity index (χ0v) is 22.0. The van der Waals surface area contributed by atoms with Crippen LogP contribution in [0, 0.1) is 40.4 Å². The van der Waals surface area contributed by atoms with Gasteiger partial charge in [-0.25, -0.2) is 0 Å². The molecule has 194 valence electrons. The van der Waals surface area contributed by atoms with Gasteiger partial charge in [-0.15, -0.1) is 0 Å². The van der Waals surface area contributed by atoms with Crippen molar-refractivity contribution in [1.29, 1.82) is 0 Å². The quantitative estimate of drug-likeness (QED) is 0.461. The molecule has 6 fully saturated rings. The molecule has 0 bridgehead atoms. The molecular formula is C28H50N4O2. The topological polar surface area (TPSA) is 71.0 Å². The summed E-state index contributed by atoms with van der Waals surface area (Å²) >= 11 is 0. The Morgan fingerprint density at radius 3 is 1.97 bits per heavy atom. The van der Waals surface area contributed by atoms with Crippen LogP contribution in [0.4, 0.5) is 0 Å². The van der Waals surface area contributed by atoms with E-state index in [0.717, 1.165) is 70.6 Å². The number of fused-ring (bicyclic) bond motifs is 5. The molecule has 0 aromatic carbocycles. The highest BCUT2D eigenvalue weighted by Crippen LogP contribution is 2.71. The van der Waals surface area contributed by atoms with Crippen molar-refractivity contribution in [3.05, 3.63) is 0 Å². The highest BCUT2D eigenvalue weighted by Gasteiger charge is 2.72. The maximum atomic E-state index is 11.7. The third kappa shape index (κ3) is 3.21. The Balaban J connectivity index is 1.50. The van der Waals surface area contributed by atoms with Crippen molar-refractivity contribution < 1.29 is 10.2 Å². The van der Waals surface area contributed by atoms with Crippen LogP contribution in [0.3, 0.4) is 0 Å². The first kappa shape index (κ1) is 24.1. The van der Waals surface area contributed by atoms with Crippen molar-refractivity contribution in [3.63, 3.8) is 0 Å². The van der Waals surface area contributed by atoms with E-state index in [-0.39, 0.29) is 17.0 Å². The molecule has 0 amide bonds. The zero-order valence-electron chi connectivity index (χ0n) is 22.0. The lowest BCUT2D eigenvalue weighted by Crippen LogP contribution is -2.82. The zero-order chi connectivity index (χ0) is 23.8. The third-order valence-corrected chi connectivity index (χ3v) is 12.6. The molecule has 2 aliphatic heterocycles. The molecule has 6 nitrogen and oxygen atoms in total. The van der Waals surface area contributed by atoms with E-state index in [4.69, 9.17) is 0 Å². The van der Waals surface area contributed by atoms with Crippen LogP contribution in [0.1, 0.15) is 72.1 Å². The maximum absolute atomic E-state index is 11.7. The Bertz CT molecular complexity index is 746. The van der Waals surface area contributed by atoms with Crippen LogP contribution in [0.5, 0.6) is 0 Å². The number of hydrogen-bond acceptors (Lipinski definition) is 6. The number of aliphatic hydroxyl groups is 2. The average Bonchev–Trinajstić information content (AvgIpc) is 3.25. The fraction of sp³-hybridized carbons (Fsp3) is 1.00.